The summed E-state index contributed by atoms with van der Waals surface area (Å²) in [6.45, 7) is 5.52. The molecule has 0 radical (unpaired) electrons. The van der Waals surface area contributed by atoms with Gasteiger partial charge in [-0.15, -0.1) is 11.3 Å². The zero-order valence-corrected chi connectivity index (χ0v) is 17.9. The SMILES string of the molecule is CCOC(=O)c1sc2ncn(CC(=O)N3CCN(C(=O)C4CC4)CC3)c(=O)c2c1C. The van der Waals surface area contributed by atoms with E-state index in [2.05, 4.69) is 4.98 Å². The molecule has 1 aliphatic heterocycles. The van der Waals surface area contributed by atoms with Gasteiger partial charge in [0, 0.05) is 32.1 Å². The van der Waals surface area contributed by atoms with Gasteiger partial charge in [0.15, 0.2) is 0 Å². The molecule has 0 bridgehead atoms. The quantitative estimate of drug-likeness (QED) is 0.654. The summed E-state index contributed by atoms with van der Waals surface area (Å²) < 4.78 is 6.32. The van der Waals surface area contributed by atoms with Crippen LogP contribution in [0.2, 0.25) is 0 Å². The average molecular weight is 433 g/mol. The molecule has 2 aromatic rings. The number of piperazine rings is 1. The topological polar surface area (TPSA) is 102 Å². The molecule has 2 amide bonds. The summed E-state index contributed by atoms with van der Waals surface area (Å²) in [5.41, 5.74) is 0.181. The molecule has 10 heteroatoms. The minimum Gasteiger partial charge on any atom is -0.462 e. The Kier molecular flexibility index (Phi) is 5.59. The first-order valence-corrected chi connectivity index (χ1v) is 10.9. The molecule has 2 fully saturated rings. The van der Waals surface area contributed by atoms with Crippen molar-refractivity contribution in [1.82, 2.24) is 19.4 Å². The third-order valence-corrected chi connectivity index (χ3v) is 6.73. The van der Waals surface area contributed by atoms with Crippen molar-refractivity contribution in [2.45, 2.75) is 33.2 Å². The highest BCUT2D eigenvalue weighted by Gasteiger charge is 2.35. The Hall–Kier alpha value is -2.75. The van der Waals surface area contributed by atoms with Crippen LogP contribution in [0.5, 0.6) is 0 Å². The van der Waals surface area contributed by atoms with Crippen LogP contribution in [-0.2, 0) is 20.9 Å². The second-order valence-corrected chi connectivity index (χ2v) is 8.61. The number of fused-ring (bicyclic) bond motifs is 1. The minimum atomic E-state index is -0.473. The zero-order chi connectivity index (χ0) is 21.4. The fourth-order valence-electron chi connectivity index (χ4n) is 3.67. The highest BCUT2D eigenvalue weighted by molar-refractivity contribution is 7.20. The van der Waals surface area contributed by atoms with Gasteiger partial charge in [0.25, 0.3) is 5.56 Å². The number of hydrogen-bond donors (Lipinski definition) is 0. The number of aryl methyl sites for hydroxylation is 1. The Morgan fingerprint density at radius 2 is 1.83 bits per heavy atom. The highest BCUT2D eigenvalue weighted by Crippen LogP contribution is 2.31. The number of aromatic nitrogens is 2. The van der Waals surface area contributed by atoms with Crippen LogP contribution in [0.1, 0.15) is 35.0 Å². The second-order valence-electron chi connectivity index (χ2n) is 7.61. The van der Waals surface area contributed by atoms with Crippen molar-refractivity contribution in [1.29, 1.82) is 0 Å². The average Bonchev–Trinajstić information content (AvgIpc) is 3.53. The number of rotatable bonds is 5. The molecule has 4 rings (SSSR count). The molecule has 0 unspecified atom stereocenters. The Bertz CT molecular complexity index is 1060. The number of carbonyl (C=O) groups excluding carboxylic acids is 3. The molecule has 0 aromatic carbocycles. The van der Waals surface area contributed by atoms with E-state index in [0.717, 1.165) is 24.2 Å². The van der Waals surface area contributed by atoms with Gasteiger partial charge in [-0.25, -0.2) is 9.78 Å². The lowest BCUT2D eigenvalue weighted by molar-refractivity contribution is -0.140. The number of nitrogens with zero attached hydrogens (tertiary/aromatic N) is 4. The van der Waals surface area contributed by atoms with Crippen LogP contribution in [0, 0.1) is 12.8 Å². The maximum Gasteiger partial charge on any atom is 0.348 e. The monoisotopic (exact) mass is 432 g/mol. The minimum absolute atomic E-state index is 0.123. The van der Waals surface area contributed by atoms with Gasteiger partial charge in [-0.3, -0.25) is 19.0 Å². The summed E-state index contributed by atoms with van der Waals surface area (Å²) in [5.74, 6) is -0.288. The molecule has 1 saturated heterocycles. The first-order chi connectivity index (χ1) is 14.4. The lowest BCUT2D eigenvalue weighted by Gasteiger charge is -2.35. The molecule has 1 aliphatic carbocycles. The van der Waals surface area contributed by atoms with E-state index in [1.807, 2.05) is 4.90 Å². The predicted molar refractivity (Wildman–Crippen MR) is 110 cm³/mol. The molecule has 0 N–H and O–H groups in total. The van der Waals surface area contributed by atoms with Gasteiger partial charge >= 0.3 is 5.97 Å². The smallest absolute Gasteiger partial charge is 0.348 e. The molecule has 0 spiro atoms. The Labute approximate surface area is 177 Å². The third kappa shape index (κ3) is 3.83. The lowest BCUT2D eigenvalue weighted by atomic mass is 10.2. The fourth-order valence-corrected chi connectivity index (χ4v) is 4.71. The lowest BCUT2D eigenvalue weighted by Crippen LogP contribution is -2.52. The second kappa shape index (κ2) is 8.17. The summed E-state index contributed by atoms with van der Waals surface area (Å²) in [6, 6.07) is 0. The number of amides is 2. The number of esters is 1. The van der Waals surface area contributed by atoms with Crippen LogP contribution in [0.15, 0.2) is 11.1 Å². The fraction of sp³-hybridized carbons (Fsp3) is 0.550. The van der Waals surface area contributed by atoms with E-state index >= 15 is 0 Å². The van der Waals surface area contributed by atoms with Crippen molar-refractivity contribution in [2.75, 3.05) is 32.8 Å². The van der Waals surface area contributed by atoms with Gasteiger partial charge in [0.1, 0.15) is 16.3 Å². The predicted octanol–water partition coefficient (Wildman–Crippen LogP) is 1.02. The van der Waals surface area contributed by atoms with Gasteiger partial charge in [-0.2, -0.15) is 0 Å². The first-order valence-electron chi connectivity index (χ1n) is 10.1. The van der Waals surface area contributed by atoms with E-state index in [1.54, 1.807) is 18.7 Å². The van der Waals surface area contributed by atoms with E-state index < -0.39 is 5.97 Å². The van der Waals surface area contributed by atoms with E-state index in [9.17, 15) is 19.2 Å². The van der Waals surface area contributed by atoms with Crippen LogP contribution in [-0.4, -0.2) is 69.9 Å². The van der Waals surface area contributed by atoms with E-state index in [-0.39, 0.29) is 36.4 Å². The summed E-state index contributed by atoms with van der Waals surface area (Å²) in [6.07, 6.45) is 3.28. The summed E-state index contributed by atoms with van der Waals surface area (Å²) in [7, 11) is 0. The summed E-state index contributed by atoms with van der Waals surface area (Å²) >= 11 is 1.12. The van der Waals surface area contributed by atoms with Gasteiger partial charge in [0.05, 0.1) is 18.3 Å². The van der Waals surface area contributed by atoms with E-state index in [0.29, 0.717) is 46.8 Å². The number of thiophene rings is 1. The van der Waals surface area contributed by atoms with Crippen molar-refractivity contribution >= 4 is 39.3 Å². The van der Waals surface area contributed by atoms with Crippen LogP contribution in [0.4, 0.5) is 0 Å². The summed E-state index contributed by atoms with van der Waals surface area (Å²) in [5, 5.41) is 0.346. The van der Waals surface area contributed by atoms with Crippen molar-refractivity contribution in [2.24, 2.45) is 5.92 Å². The van der Waals surface area contributed by atoms with Crippen LogP contribution >= 0.6 is 11.3 Å². The van der Waals surface area contributed by atoms with E-state index in [4.69, 9.17) is 4.74 Å². The molecular weight excluding hydrogens is 408 g/mol. The molecule has 2 aliphatic rings. The molecule has 1 saturated carbocycles. The van der Waals surface area contributed by atoms with Gasteiger partial charge in [0.2, 0.25) is 11.8 Å². The molecule has 9 nitrogen and oxygen atoms in total. The Balaban J connectivity index is 1.47. The van der Waals surface area contributed by atoms with Crippen LogP contribution in [0.3, 0.4) is 0 Å². The molecule has 0 atom stereocenters. The van der Waals surface area contributed by atoms with Gasteiger partial charge < -0.3 is 14.5 Å². The van der Waals surface area contributed by atoms with Gasteiger partial charge in [-0.05, 0) is 32.3 Å². The van der Waals surface area contributed by atoms with E-state index in [1.165, 1.54) is 10.9 Å². The summed E-state index contributed by atoms with van der Waals surface area (Å²) in [4.78, 5) is 58.5. The van der Waals surface area contributed by atoms with Crippen molar-refractivity contribution in [3.63, 3.8) is 0 Å². The normalized spacial score (nSPS) is 16.7. The third-order valence-electron chi connectivity index (χ3n) is 5.55. The van der Waals surface area contributed by atoms with Gasteiger partial charge in [-0.1, -0.05) is 0 Å². The first kappa shape index (κ1) is 20.5. The Morgan fingerprint density at radius 3 is 2.47 bits per heavy atom. The molecule has 2 aromatic heterocycles. The standard InChI is InChI=1S/C20H24N4O5S/c1-3-29-20(28)16-12(2)15-17(30-16)21-11-24(19(15)27)10-14(25)22-6-8-23(9-7-22)18(26)13-4-5-13/h11,13H,3-10H2,1-2H3. The molecular formula is C20H24N4O5S. The van der Waals surface area contributed by atoms with Crippen LogP contribution < -0.4 is 5.56 Å². The molecule has 3 heterocycles. The number of ether oxygens (including phenoxy) is 1. The largest absolute Gasteiger partial charge is 0.462 e. The number of hydrogen-bond acceptors (Lipinski definition) is 7. The van der Waals surface area contributed by atoms with Crippen LogP contribution in [0.25, 0.3) is 10.2 Å². The number of carbonyl (C=O) groups is 3. The molecule has 30 heavy (non-hydrogen) atoms. The maximum atomic E-state index is 12.9. The van der Waals surface area contributed by atoms with Crippen molar-refractivity contribution < 1.29 is 19.1 Å². The highest BCUT2D eigenvalue weighted by atomic mass is 32.1. The molecule has 160 valence electrons. The maximum absolute atomic E-state index is 12.9. The Morgan fingerprint density at radius 1 is 1.17 bits per heavy atom. The van der Waals surface area contributed by atoms with Crippen molar-refractivity contribution in [3.05, 3.63) is 27.1 Å². The van der Waals surface area contributed by atoms with Crippen molar-refractivity contribution in [3.8, 4) is 0 Å². The zero-order valence-electron chi connectivity index (χ0n) is 17.0.